The molecule has 3 amide bonds. The summed E-state index contributed by atoms with van der Waals surface area (Å²) in [7, 11) is 0. The summed E-state index contributed by atoms with van der Waals surface area (Å²) in [6, 6.07) is 13.1. The molecule has 38 heavy (non-hydrogen) atoms. The molecule has 2 N–H and O–H groups in total. The molecule has 0 radical (unpaired) electrons. The Balaban J connectivity index is 1.79. The standard InChI is InChI=1S/C28H34F3N5O2/c1-6-7-16-35(26(38)32-21-14-12-20(13-15-21)28(29,30)31)18-25(37)33-24-17-23(27(3,4)5)34-36(24)22-11-9-8-10-19(22)2/h8-15,17H,6-7,16,18H2,1-5H3,(H,32,38)(H,33,37). The first-order chi connectivity index (χ1) is 17.8. The number of benzene rings is 2. The Labute approximate surface area is 221 Å². The fraction of sp³-hybridized carbons (Fsp3) is 0.393. The number of hydrogen-bond donors (Lipinski definition) is 2. The molecule has 3 aromatic rings. The van der Waals surface area contributed by atoms with Gasteiger partial charge in [0.1, 0.15) is 12.4 Å². The molecule has 1 aromatic heterocycles. The van der Waals surface area contributed by atoms with Crippen molar-refractivity contribution >= 4 is 23.4 Å². The number of anilines is 2. The summed E-state index contributed by atoms with van der Waals surface area (Å²) >= 11 is 0. The lowest BCUT2D eigenvalue weighted by molar-refractivity contribution is -0.137. The molecule has 0 aliphatic heterocycles. The van der Waals surface area contributed by atoms with Gasteiger partial charge in [-0.3, -0.25) is 4.79 Å². The van der Waals surface area contributed by atoms with E-state index in [1.165, 1.54) is 17.0 Å². The fourth-order valence-corrected chi connectivity index (χ4v) is 3.72. The van der Waals surface area contributed by atoms with Crippen LogP contribution >= 0.6 is 0 Å². The molecule has 2 aromatic carbocycles. The average molecular weight is 530 g/mol. The van der Waals surface area contributed by atoms with E-state index in [1.807, 2.05) is 65.0 Å². The summed E-state index contributed by atoms with van der Waals surface area (Å²) in [6.07, 6.45) is -3.02. The van der Waals surface area contributed by atoms with Crippen molar-refractivity contribution in [2.75, 3.05) is 23.7 Å². The number of aromatic nitrogens is 2. The normalized spacial score (nSPS) is 11.8. The SMILES string of the molecule is CCCCN(CC(=O)Nc1cc(C(C)(C)C)nn1-c1ccccc1C)C(=O)Nc1ccc(C(F)(F)F)cc1. The zero-order valence-electron chi connectivity index (χ0n) is 22.3. The van der Waals surface area contributed by atoms with Gasteiger partial charge in [-0.25, -0.2) is 9.48 Å². The van der Waals surface area contributed by atoms with Crippen molar-refractivity contribution in [1.29, 1.82) is 0 Å². The molecule has 0 saturated heterocycles. The van der Waals surface area contributed by atoms with E-state index >= 15 is 0 Å². The largest absolute Gasteiger partial charge is 0.416 e. The minimum Gasteiger partial charge on any atom is -0.315 e. The molecule has 0 atom stereocenters. The average Bonchev–Trinajstić information content (AvgIpc) is 3.25. The number of aryl methyl sites for hydroxylation is 1. The number of urea groups is 1. The molecule has 0 fully saturated rings. The summed E-state index contributed by atoms with van der Waals surface area (Å²) in [4.78, 5) is 27.4. The van der Waals surface area contributed by atoms with Crippen LogP contribution in [-0.2, 0) is 16.4 Å². The number of nitrogens with zero attached hydrogens (tertiary/aromatic N) is 3. The van der Waals surface area contributed by atoms with Crippen LogP contribution in [0.3, 0.4) is 0 Å². The third-order valence-electron chi connectivity index (χ3n) is 5.96. The van der Waals surface area contributed by atoms with Gasteiger partial charge < -0.3 is 15.5 Å². The quantitative estimate of drug-likeness (QED) is 0.338. The molecule has 10 heteroatoms. The molecular formula is C28H34F3N5O2. The van der Waals surface area contributed by atoms with E-state index in [9.17, 15) is 22.8 Å². The van der Waals surface area contributed by atoms with Gasteiger partial charge in [0, 0.05) is 23.7 Å². The van der Waals surface area contributed by atoms with E-state index in [-0.39, 0.29) is 17.6 Å². The smallest absolute Gasteiger partial charge is 0.315 e. The van der Waals surface area contributed by atoms with E-state index in [0.717, 1.165) is 35.5 Å². The Hall–Kier alpha value is -3.82. The summed E-state index contributed by atoms with van der Waals surface area (Å²) < 4.78 is 40.2. The molecule has 1 heterocycles. The minimum absolute atomic E-state index is 0.206. The Kier molecular flexibility index (Phi) is 8.85. The second-order valence-electron chi connectivity index (χ2n) is 10.2. The number of hydrogen-bond acceptors (Lipinski definition) is 3. The molecule has 204 valence electrons. The zero-order valence-corrected chi connectivity index (χ0v) is 22.3. The Bertz CT molecular complexity index is 1260. The van der Waals surface area contributed by atoms with Gasteiger partial charge in [-0.15, -0.1) is 0 Å². The predicted octanol–water partition coefficient (Wildman–Crippen LogP) is 6.77. The van der Waals surface area contributed by atoms with Crippen LogP contribution in [0.1, 0.15) is 57.4 Å². The molecule has 0 spiro atoms. The summed E-state index contributed by atoms with van der Waals surface area (Å²) in [5.41, 5.74) is 1.73. The van der Waals surface area contributed by atoms with Crippen LogP contribution in [0.2, 0.25) is 0 Å². The first-order valence-electron chi connectivity index (χ1n) is 12.5. The zero-order chi connectivity index (χ0) is 28.1. The van der Waals surface area contributed by atoms with Crippen molar-refractivity contribution < 1.29 is 22.8 Å². The number of unbranched alkanes of at least 4 members (excludes halogenated alkanes) is 1. The molecule has 0 aliphatic rings. The van der Waals surface area contributed by atoms with Gasteiger partial charge in [0.25, 0.3) is 0 Å². The fourth-order valence-electron chi connectivity index (χ4n) is 3.72. The van der Waals surface area contributed by atoms with E-state index in [2.05, 4.69) is 10.6 Å². The van der Waals surface area contributed by atoms with Crippen LogP contribution in [0.4, 0.5) is 29.5 Å². The molecule has 0 saturated carbocycles. The molecule has 3 rings (SSSR count). The van der Waals surface area contributed by atoms with Gasteiger partial charge in [-0.05, 0) is 49.2 Å². The van der Waals surface area contributed by atoms with Gasteiger partial charge in [0.15, 0.2) is 0 Å². The minimum atomic E-state index is -4.47. The molecule has 0 bridgehead atoms. The van der Waals surface area contributed by atoms with Gasteiger partial charge in [-0.1, -0.05) is 52.3 Å². The van der Waals surface area contributed by atoms with Crippen molar-refractivity contribution in [2.45, 2.75) is 59.1 Å². The van der Waals surface area contributed by atoms with Crippen LogP contribution in [0, 0.1) is 6.92 Å². The van der Waals surface area contributed by atoms with Crippen LogP contribution in [0.5, 0.6) is 0 Å². The highest BCUT2D eigenvalue weighted by Gasteiger charge is 2.30. The van der Waals surface area contributed by atoms with Gasteiger partial charge in [-0.2, -0.15) is 18.3 Å². The Morgan fingerprint density at radius 3 is 2.24 bits per heavy atom. The second-order valence-corrected chi connectivity index (χ2v) is 10.2. The number of amides is 3. The maximum atomic E-state index is 13.1. The van der Waals surface area contributed by atoms with Crippen LogP contribution in [0.25, 0.3) is 5.69 Å². The monoisotopic (exact) mass is 529 g/mol. The van der Waals surface area contributed by atoms with Gasteiger partial charge in [0.05, 0.1) is 16.9 Å². The third-order valence-corrected chi connectivity index (χ3v) is 5.96. The van der Waals surface area contributed by atoms with Crippen LogP contribution < -0.4 is 10.6 Å². The van der Waals surface area contributed by atoms with E-state index in [0.29, 0.717) is 18.8 Å². The third kappa shape index (κ3) is 7.36. The maximum absolute atomic E-state index is 13.1. The van der Waals surface area contributed by atoms with Gasteiger partial charge >= 0.3 is 12.2 Å². The summed E-state index contributed by atoms with van der Waals surface area (Å²) in [5.74, 6) is 0.0617. The number of carbonyl (C=O) groups is 2. The number of nitrogens with one attached hydrogen (secondary N) is 2. The number of halogens is 3. The van der Waals surface area contributed by atoms with Crippen LogP contribution in [0.15, 0.2) is 54.6 Å². The van der Waals surface area contributed by atoms with E-state index in [1.54, 1.807) is 4.68 Å². The second kappa shape index (κ2) is 11.7. The van der Waals surface area contributed by atoms with Crippen molar-refractivity contribution in [3.05, 3.63) is 71.4 Å². The topological polar surface area (TPSA) is 79.3 Å². The van der Waals surface area contributed by atoms with Crippen molar-refractivity contribution in [3.63, 3.8) is 0 Å². The lowest BCUT2D eigenvalue weighted by atomic mass is 9.92. The molecular weight excluding hydrogens is 495 g/mol. The first kappa shape index (κ1) is 28.7. The van der Waals surface area contributed by atoms with Crippen LogP contribution in [-0.4, -0.2) is 39.7 Å². The predicted molar refractivity (Wildman–Crippen MR) is 143 cm³/mol. The maximum Gasteiger partial charge on any atom is 0.416 e. The van der Waals surface area contributed by atoms with Crippen molar-refractivity contribution in [1.82, 2.24) is 14.7 Å². The molecule has 0 aliphatic carbocycles. The Morgan fingerprint density at radius 1 is 1.00 bits per heavy atom. The van der Waals surface area contributed by atoms with E-state index in [4.69, 9.17) is 5.10 Å². The van der Waals surface area contributed by atoms with E-state index < -0.39 is 23.7 Å². The first-order valence-corrected chi connectivity index (χ1v) is 12.5. The summed E-state index contributed by atoms with van der Waals surface area (Å²) in [6.45, 7) is 10.1. The lowest BCUT2D eigenvalue weighted by Crippen LogP contribution is -2.41. The van der Waals surface area contributed by atoms with Gasteiger partial charge in [0.2, 0.25) is 5.91 Å². The van der Waals surface area contributed by atoms with Crippen molar-refractivity contribution in [3.8, 4) is 5.69 Å². The molecule has 7 nitrogen and oxygen atoms in total. The number of alkyl halides is 3. The Morgan fingerprint density at radius 2 is 1.66 bits per heavy atom. The number of rotatable bonds is 8. The number of carbonyl (C=O) groups excluding carboxylic acids is 2. The van der Waals surface area contributed by atoms with Crippen molar-refractivity contribution in [2.24, 2.45) is 0 Å². The highest BCUT2D eigenvalue weighted by molar-refractivity contribution is 5.96. The highest BCUT2D eigenvalue weighted by atomic mass is 19.4. The number of para-hydroxylation sites is 1. The lowest BCUT2D eigenvalue weighted by Gasteiger charge is -2.23. The molecule has 0 unspecified atom stereocenters. The highest BCUT2D eigenvalue weighted by Crippen LogP contribution is 2.30. The summed E-state index contributed by atoms with van der Waals surface area (Å²) in [5, 5.41) is 10.2.